The van der Waals surface area contributed by atoms with E-state index in [1.54, 1.807) is 11.3 Å². The molecular formula is C20H22N4O2S2. The lowest BCUT2D eigenvalue weighted by Gasteiger charge is -2.26. The molecule has 1 atom stereocenters. The van der Waals surface area contributed by atoms with Gasteiger partial charge >= 0.3 is 0 Å². The molecule has 0 bridgehead atoms. The Kier molecular flexibility index (Phi) is 4.78. The minimum Gasteiger partial charge on any atom is -0.378 e. The van der Waals surface area contributed by atoms with Crippen molar-refractivity contribution >= 4 is 43.9 Å². The van der Waals surface area contributed by atoms with Crippen LogP contribution >= 0.6 is 22.7 Å². The van der Waals surface area contributed by atoms with E-state index in [1.807, 2.05) is 30.0 Å². The summed E-state index contributed by atoms with van der Waals surface area (Å²) in [5.41, 5.74) is 1.84. The van der Waals surface area contributed by atoms with Gasteiger partial charge in [0.15, 0.2) is 5.13 Å². The van der Waals surface area contributed by atoms with Gasteiger partial charge in [-0.2, -0.15) is 0 Å². The number of aromatic nitrogens is 2. The fraction of sp³-hybridized carbons (Fsp3) is 0.450. The Morgan fingerprint density at radius 1 is 1.14 bits per heavy atom. The molecule has 2 saturated heterocycles. The van der Waals surface area contributed by atoms with Gasteiger partial charge in [-0.15, -0.1) is 11.3 Å². The van der Waals surface area contributed by atoms with E-state index < -0.39 is 0 Å². The first-order valence-electron chi connectivity index (χ1n) is 9.67. The van der Waals surface area contributed by atoms with E-state index >= 15 is 0 Å². The molecule has 0 aliphatic carbocycles. The second-order valence-electron chi connectivity index (χ2n) is 7.19. The molecule has 0 saturated carbocycles. The van der Waals surface area contributed by atoms with E-state index in [-0.39, 0.29) is 11.9 Å². The highest BCUT2D eigenvalue weighted by Gasteiger charge is 2.34. The van der Waals surface area contributed by atoms with Crippen molar-refractivity contribution in [3.05, 3.63) is 39.8 Å². The van der Waals surface area contributed by atoms with Gasteiger partial charge in [0.05, 0.1) is 35.2 Å². The maximum Gasteiger partial charge on any atom is 0.266 e. The molecule has 1 aromatic carbocycles. The third-order valence-corrected chi connectivity index (χ3v) is 7.71. The average Bonchev–Trinajstić information content (AvgIpc) is 3.45. The molecule has 28 heavy (non-hydrogen) atoms. The molecule has 1 amide bonds. The molecule has 146 valence electrons. The Labute approximate surface area is 171 Å². The molecule has 4 heterocycles. The average molecular weight is 415 g/mol. The molecule has 0 radical (unpaired) electrons. The molecule has 3 aromatic rings. The molecule has 0 spiro atoms. The minimum absolute atomic E-state index is 0.0678. The monoisotopic (exact) mass is 414 g/mol. The predicted molar refractivity (Wildman–Crippen MR) is 113 cm³/mol. The summed E-state index contributed by atoms with van der Waals surface area (Å²) < 4.78 is 6.61. The number of aryl methyl sites for hydroxylation is 1. The lowest BCUT2D eigenvalue weighted by atomic mass is 10.2. The number of hydrogen-bond acceptors (Lipinski definition) is 7. The van der Waals surface area contributed by atoms with Crippen molar-refractivity contribution in [1.82, 2.24) is 14.9 Å². The van der Waals surface area contributed by atoms with Gasteiger partial charge in [0.1, 0.15) is 9.88 Å². The zero-order valence-electron chi connectivity index (χ0n) is 15.8. The summed E-state index contributed by atoms with van der Waals surface area (Å²) in [6, 6.07) is 8.25. The topological polar surface area (TPSA) is 58.6 Å². The summed E-state index contributed by atoms with van der Waals surface area (Å²) in [6.45, 7) is 5.82. The Morgan fingerprint density at radius 3 is 2.79 bits per heavy atom. The van der Waals surface area contributed by atoms with Crippen molar-refractivity contribution in [2.24, 2.45) is 0 Å². The molecule has 0 N–H and O–H groups in total. The number of fused-ring (bicyclic) bond motifs is 1. The number of carbonyl (C=O) groups excluding carboxylic acids is 1. The van der Waals surface area contributed by atoms with Crippen LogP contribution in [0.15, 0.2) is 24.3 Å². The van der Waals surface area contributed by atoms with Crippen LogP contribution in [0.1, 0.15) is 39.3 Å². The molecule has 2 aromatic heterocycles. The number of hydrogen-bond donors (Lipinski definition) is 0. The van der Waals surface area contributed by atoms with Gasteiger partial charge in [0.2, 0.25) is 0 Å². The van der Waals surface area contributed by atoms with Crippen LogP contribution in [-0.4, -0.2) is 53.6 Å². The van der Waals surface area contributed by atoms with Crippen molar-refractivity contribution in [2.45, 2.75) is 25.8 Å². The third kappa shape index (κ3) is 3.19. The second kappa shape index (κ2) is 7.42. The fourth-order valence-electron chi connectivity index (χ4n) is 3.90. The van der Waals surface area contributed by atoms with Crippen LogP contribution in [0.3, 0.4) is 0 Å². The predicted octanol–water partition coefficient (Wildman–Crippen LogP) is 3.88. The summed E-state index contributed by atoms with van der Waals surface area (Å²) in [5.74, 6) is 0.0938. The standard InChI is InChI=1S/C20H22N4O2S2/c1-13-17(28-20(21-13)23-9-11-26-12-10-23)19(25)24-8-4-6-15(24)18-22-14-5-2-3-7-16(14)27-18/h2-3,5,7,15H,4,6,8-12H2,1H3. The van der Waals surface area contributed by atoms with Crippen LogP contribution in [-0.2, 0) is 4.74 Å². The number of thiazole rings is 2. The number of rotatable bonds is 3. The highest BCUT2D eigenvalue weighted by atomic mass is 32.1. The summed E-state index contributed by atoms with van der Waals surface area (Å²) in [5, 5.41) is 1.97. The van der Waals surface area contributed by atoms with Gasteiger partial charge in [-0.3, -0.25) is 4.79 Å². The smallest absolute Gasteiger partial charge is 0.266 e. The third-order valence-electron chi connectivity index (χ3n) is 5.37. The van der Waals surface area contributed by atoms with Gasteiger partial charge in [0.25, 0.3) is 5.91 Å². The highest BCUT2D eigenvalue weighted by molar-refractivity contribution is 7.18. The Hall–Kier alpha value is -2.03. The van der Waals surface area contributed by atoms with E-state index in [0.29, 0.717) is 13.2 Å². The lowest BCUT2D eigenvalue weighted by molar-refractivity contribution is 0.0739. The number of morpholine rings is 1. The van der Waals surface area contributed by atoms with Gasteiger partial charge in [-0.05, 0) is 31.9 Å². The van der Waals surface area contributed by atoms with E-state index in [9.17, 15) is 4.79 Å². The number of ether oxygens (including phenoxy) is 1. The number of para-hydroxylation sites is 1. The molecule has 2 fully saturated rings. The first kappa shape index (κ1) is 18.0. The number of carbonyl (C=O) groups is 1. The number of likely N-dealkylation sites (tertiary alicyclic amines) is 1. The minimum atomic E-state index is 0.0678. The first-order valence-corrected chi connectivity index (χ1v) is 11.3. The fourth-order valence-corrected chi connectivity index (χ4v) is 6.09. The number of nitrogens with zero attached hydrogens (tertiary/aromatic N) is 4. The SMILES string of the molecule is Cc1nc(N2CCOCC2)sc1C(=O)N1CCCC1c1nc2ccccc2s1. The normalized spacial score (nSPS) is 20.2. The second-order valence-corrected chi connectivity index (χ2v) is 9.23. The summed E-state index contributed by atoms with van der Waals surface area (Å²) in [7, 11) is 0. The zero-order chi connectivity index (χ0) is 19.1. The molecule has 2 aliphatic heterocycles. The zero-order valence-corrected chi connectivity index (χ0v) is 17.4. The largest absolute Gasteiger partial charge is 0.378 e. The summed E-state index contributed by atoms with van der Waals surface area (Å²) in [4.78, 5) is 27.9. The Bertz CT molecular complexity index is 976. The van der Waals surface area contributed by atoms with Crippen molar-refractivity contribution in [3.63, 3.8) is 0 Å². The van der Waals surface area contributed by atoms with Crippen LogP contribution in [0.4, 0.5) is 5.13 Å². The quantitative estimate of drug-likeness (QED) is 0.651. The summed E-state index contributed by atoms with van der Waals surface area (Å²) in [6.07, 6.45) is 1.99. The van der Waals surface area contributed by atoms with Crippen LogP contribution in [0, 0.1) is 6.92 Å². The molecule has 2 aliphatic rings. The molecule has 1 unspecified atom stereocenters. The molecule has 5 rings (SSSR count). The van der Waals surface area contributed by atoms with E-state index in [4.69, 9.17) is 9.72 Å². The van der Waals surface area contributed by atoms with Crippen LogP contribution < -0.4 is 4.90 Å². The Morgan fingerprint density at radius 2 is 1.96 bits per heavy atom. The Balaban J connectivity index is 1.41. The van der Waals surface area contributed by atoms with E-state index in [0.717, 1.165) is 58.7 Å². The lowest BCUT2D eigenvalue weighted by Crippen LogP contribution is -2.36. The van der Waals surface area contributed by atoms with Gasteiger partial charge in [-0.1, -0.05) is 23.5 Å². The maximum absolute atomic E-state index is 13.4. The number of benzene rings is 1. The van der Waals surface area contributed by atoms with E-state index in [1.165, 1.54) is 16.0 Å². The van der Waals surface area contributed by atoms with Crippen LogP contribution in [0.2, 0.25) is 0 Å². The van der Waals surface area contributed by atoms with Crippen molar-refractivity contribution in [1.29, 1.82) is 0 Å². The summed E-state index contributed by atoms with van der Waals surface area (Å²) >= 11 is 3.22. The van der Waals surface area contributed by atoms with Crippen molar-refractivity contribution in [3.8, 4) is 0 Å². The number of anilines is 1. The van der Waals surface area contributed by atoms with Gasteiger partial charge in [-0.25, -0.2) is 9.97 Å². The molecular weight excluding hydrogens is 392 g/mol. The van der Waals surface area contributed by atoms with Crippen LogP contribution in [0.5, 0.6) is 0 Å². The molecule has 8 heteroatoms. The van der Waals surface area contributed by atoms with Crippen molar-refractivity contribution in [2.75, 3.05) is 37.7 Å². The van der Waals surface area contributed by atoms with Gasteiger partial charge < -0.3 is 14.5 Å². The number of amides is 1. The van der Waals surface area contributed by atoms with E-state index in [2.05, 4.69) is 16.0 Å². The van der Waals surface area contributed by atoms with Gasteiger partial charge in [0, 0.05) is 19.6 Å². The van der Waals surface area contributed by atoms with Crippen LogP contribution in [0.25, 0.3) is 10.2 Å². The maximum atomic E-state index is 13.4. The molecule has 6 nitrogen and oxygen atoms in total. The first-order chi connectivity index (χ1) is 13.7. The highest BCUT2D eigenvalue weighted by Crippen LogP contribution is 2.38. The van der Waals surface area contributed by atoms with Crippen molar-refractivity contribution < 1.29 is 9.53 Å².